The van der Waals surface area contributed by atoms with E-state index in [-0.39, 0.29) is 67.2 Å². The second-order valence-electron chi connectivity index (χ2n) is 9.01. The zero-order valence-corrected chi connectivity index (χ0v) is 20.8. The highest BCUT2D eigenvalue weighted by Gasteiger charge is 2.34. The third kappa shape index (κ3) is 13.3. The number of ether oxygens (including phenoxy) is 4. The molecule has 0 fully saturated rings. The molecule has 0 aromatic heterocycles. The highest BCUT2D eigenvalue weighted by atomic mass is 16.6. The van der Waals surface area contributed by atoms with Crippen LogP contribution in [0.2, 0.25) is 0 Å². The third-order valence-electron chi connectivity index (χ3n) is 4.33. The Labute approximate surface area is 196 Å². The van der Waals surface area contributed by atoms with Gasteiger partial charge in [0.1, 0.15) is 45.1 Å². The molecule has 0 N–H and O–H groups in total. The first-order valence-electron chi connectivity index (χ1n) is 10.6. The van der Waals surface area contributed by atoms with Gasteiger partial charge < -0.3 is 23.4 Å². The smallest absolute Gasteiger partial charge is 0.362 e. The van der Waals surface area contributed by atoms with E-state index in [9.17, 15) is 19.2 Å². The van der Waals surface area contributed by atoms with Crippen LogP contribution in [-0.2, 0) is 38.1 Å². The van der Waals surface area contributed by atoms with Crippen LogP contribution >= 0.6 is 0 Å². The van der Waals surface area contributed by atoms with Gasteiger partial charge in [-0.3, -0.25) is 0 Å². The van der Waals surface area contributed by atoms with Crippen LogP contribution < -0.4 is 0 Å². The summed E-state index contributed by atoms with van der Waals surface area (Å²) in [5, 5.41) is 0. The fourth-order valence-electron chi connectivity index (χ4n) is 2.59. The van der Waals surface area contributed by atoms with Crippen LogP contribution in [0.15, 0.2) is 36.5 Å². The summed E-state index contributed by atoms with van der Waals surface area (Å²) in [5.74, 6) is -2.18. The Hall–Kier alpha value is -2.94. The lowest BCUT2D eigenvalue weighted by Crippen LogP contribution is -2.57. The molecule has 9 heteroatoms. The van der Waals surface area contributed by atoms with Crippen LogP contribution in [0.1, 0.15) is 41.5 Å². The number of hydrogen-bond donors (Lipinski definition) is 0. The number of carbonyl (C=O) groups excluding carboxylic acids is 4. The van der Waals surface area contributed by atoms with Gasteiger partial charge in [0.25, 0.3) is 0 Å². The molecule has 0 saturated carbocycles. The van der Waals surface area contributed by atoms with Crippen LogP contribution in [0.3, 0.4) is 0 Å². The van der Waals surface area contributed by atoms with Crippen molar-refractivity contribution >= 4 is 23.9 Å². The van der Waals surface area contributed by atoms with Crippen molar-refractivity contribution in [2.75, 3.05) is 46.0 Å². The Balaban J connectivity index is 5.66. The van der Waals surface area contributed by atoms with E-state index in [4.69, 9.17) is 18.9 Å². The predicted octanol–water partition coefficient (Wildman–Crippen LogP) is 2.50. The van der Waals surface area contributed by atoms with E-state index >= 15 is 0 Å². The molecule has 33 heavy (non-hydrogen) atoms. The largest absolute Gasteiger partial charge is 0.456 e. The zero-order valence-electron chi connectivity index (χ0n) is 20.8. The Morgan fingerprint density at radius 1 is 0.667 bits per heavy atom. The zero-order chi connectivity index (χ0) is 25.8. The second-order valence-corrected chi connectivity index (χ2v) is 9.01. The first-order chi connectivity index (χ1) is 15.1. The summed E-state index contributed by atoms with van der Waals surface area (Å²) in [4.78, 5) is 48.1. The van der Waals surface area contributed by atoms with Crippen molar-refractivity contribution in [1.82, 2.24) is 0 Å². The molecule has 0 radical (unpaired) electrons. The van der Waals surface area contributed by atoms with Gasteiger partial charge in [-0.05, 0) is 41.5 Å². The summed E-state index contributed by atoms with van der Waals surface area (Å²) in [5.41, 5.74) is 0.0147. The molecule has 0 spiro atoms. The normalized spacial score (nSPS) is 11.2. The molecule has 0 atom stereocenters. The average Bonchev–Trinajstić information content (AvgIpc) is 2.65. The van der Waals surface area contributed by atoms with Gasteiger partial charge in [0.05, 0.1) is 0 Å². The molecule has 0 amide bonds. The number of rotatable bonds is 14. The minimum absolute atomic E-state index is 0.00861. The maximum absolute atomic E-state index is 12.7. The van der Waals surface area contributed by atoms with Crippen molar-refractivity contribution in [2.45, 2.75) is 47.1 Å². The Morgan fingerprint density at radius 3 is 1.21 bits per heavy atom. The van der Waals surface area contributed by atoms with Crippen LogP contribution in [0, 0.1) is 0 Å². The highest BCUT2D eigenvalue weighted by Crippen LogP contribution is 2.14. The molecule has 0 heterocycles. The van der Waals surface area contributed by atoms with E-state index in [2.05, 4.69) is 19.7 Å². The molecular weight excluding hydrogens is 430 g/mol. The summed E-state index contributed by atoms with van der Waals surface area (Å²) in [6, 6.07) is 0. The first-order valence-corrected chi connectivity index (χ1v) is 10.6. The fourth-order valence-corrected chi connectivity index (χ4v) is 2.59. The molecule has 0 aliphatic heterocycles. The van der Waals surface area contributed by atoms with E-state index in [0.29, 0.717) is 0 Å². The lowest BCUT2D eigenvalue weighted by atomic mass is 10.2. The van der Waals surface area contributed by atoms with Gasteiger partial charge in [0.2, 0.25) is 0 Å². The molecule has 0 aromatic carbocycles. The van der Waals surface area contributed by atoms with Crippen molar-refractivity contribution in [1.29, 1.82) is 0 Å². The van der Waals surface area contributed by atoms with Gasteiger partial charge in [-0.2, -0.15) is 0 Å². The minimum Gasteiger partial charge on any atom is -0.456 e. The Bertz CT molecular complexity index is 697. The standard InChI is InChI=1S/C24H38NO8/c1-17(2)21(27)30-13-10-25(11-14-31-22(28)18(3)4,12-15-32-23(29)19(5)6)16-20(26)33-24(7,8)9/h1,3,5,10-16H2,2,4,6-9H3/q+1. The molecular formula is C24H38NO8+. The topological polar surface area (TPSA) is 105 Å². The molecule has 0 aliphatic carbocycles. The van der Waals surface area contributed by atoms with Crippen molar-refractivity contribution in [3.05, 3.63) is 36.5 Å². The maximum atomic E-state index is 12.7. The number of quaternary nitrogens is 1. The molecule has 0 aliphatic rings. The SMILES string of the molecule is C=C(C)C(=O)OCC[N+](CCOC(=O)C(=C)C)(CCOC(=O)C(=C)C)CC(=O)OC(C)(C)C. The molecule has 0 unspecified atom stereocenters. The lowest BCUT2D eigenvalue weighted by Gasteiger charge is -2.37. The van der Waals surface area contributed by atoms with Crippen LogP contribution in [0.5, 0.6) is 0 Å². The van der Waals surface area contributed by atoms with Crippen LogP contribution in [-0.4, -0.2) is 80.0 Å². The van der Waals surface area contributed by atoms with Gasteiger partial charge in [-0.1, -0.05) is 19.7 Å². The molecule has 0 aromatic rings. The summed E-state index contributed by atoms with van der Waals surface area (Å²) in [6.07, 6.45) is 0. The number of carbonyl (C=O) groups is 4. The summed E-state index contributed by atoms with van der Waals surface area (Å²) < 4.78 is 21.1. The van der Waals surface area contributed by atoms with Crippen molar-refractivity contribution in [2.24, 2.45) is 0 Å². The molecule has 0 saturated heterocycles. The van der Waals surface area contributed by atoms with Gasteiger partial charge in [0.15, 0.2) is 6.54 Å². The average molecular weight is 469 g/mol. The van der Waals surface area contributed by atoms with Gasteiger partial charge in [-0.15, -0.1) is 0 Å². The predicted molar refractivity (Wildman–Crippen MR) is 123 cm³/mol. The fraction of sp³-hybridized carbons (Fsp3) is 0.583. The molecule has 0 rings (SSSR count). The molecule has 0 bridgehead atoms. The quantitative estimate of drug-likeness (QED) is 0.166. The monoisotopic (exact) mass is 468 g/mol. The Kier molecular flexibility index (Phi) is 12.4. The van der Waals surface area contributed by atoms with Crippen molar-refractivity contribution in [3.63, 3.8) is 0 Å². The van der Waals surface area contributed by atoms with Gasteiger partial charge >= 0.3 is 23.9 Å². The number of hydrogen-bond acceptors (Lipinski definition) is 8. The van der Waals surface area contributed by atoms with E-state index in [1.54, 1.807) is 20.8 Å². The minimum atomic E-state index is -0.710. The van der Waals surface area contributed by atoms with E-state index in [1.165, 1.54) is 20.8 Å². The van der Waals surface area contributed by atoms with Crippen LogP contribution in [0.4, 0.5) is 0 Å². The van der Waals surface area contributed by atoms with Crippen LogP contribution in [0.25, 0.3) is 0 Å². The summed E-state index contributed by atoms with van der Waals surface area (Å²) in [6.45, 7) is 20.8. The molecule has 186 valence electrons. The van der Waals surface area contributed by atoms with E-state index < -0.39 is 29.5 Å². The highest BCUT2D eigenvalue weighted by molar-refractivity contribution is 5.87. The van der Waals surface area contributed by atoms with E-state index in [0.717, 1.165) is 0 Å². The van der Waals surface area contributed by atoms with Gasteiger partial charge in [-0.25, -0.2) is 19.2 Å². The summed E-state index contributed by atoms with van der Waals surface area (Å²) in [7, 11) is 0. The van der Waals surface area contributed by atoms with E-state index in [1.807, 2.05) is 0 Å². The first kappa shape index (κ1) is 30.1. The maximum Gasteiger partial charge on any atom is 0.362 e. The Morgan fingerprint density at radius 2 is 0.970 bits per heavy atom. The lowest BCUT2D eigenvalue weighted by molar-refractivity contribution is -0.921. The number of esters is 4. The third-order valence-corrected chi connectivity index (χ3v) is 4.33. The number of nitrogens with zero attached hydrogens (tertiary/aromatic N) is 1. The molecule has 9 nitrogen and oxygen atoms in total. The van der Waals surface area contributed by atoms with Gasteiger partial charge in [0, 0.05) is 16.7 Å². The van der Waals surface area contributed by atoms with Crippen molar-refractivity contribution < 1.29 is 42.6 Å². The van der Waals surface area contributed by atoms with Crippen molar-refractivity contribution in [3.8, 4) is 0 Å². The second kappa shape index (κ2) is 13.6. The summed E-state index contributed by atoms with van der Waals surface area (Å²) >= 11 is 0.